The molecule has 13 heavy (non-hydrogen) atoms. The summed E-state index contributed by atoms with van der Waals surface area (Å²) < 4.78 is 22.2. The van der Waals surface area contributed by atoms with Crippen LogP contribution in [0.25, 0.3) is 0 Å². The maximum Gasteiger partial charge on any atom is 0.745 e. The van der Waals surface area contributed by atoms with E-state index in [0.717, 1.165) is 26.2 Å². The van der Waals surface area contributed by atoms with Crippen LogP contribution in [0.4, 0.5) is 0 Å². The van der Waals surface area contributed by atoms with Gasteiger partial charge in [-0.2, -0.15) is 0 Å². The van der Waals surface area contributed by atoms with Crippen molar-refractivity contribution in [2.24, 2.45) is 0 Å². The monoisotopic (exact) mass is 230 g/mol. The van der Waals surface area contributed by atoms with Gasteiger partial charge in [0.1, 0.15) is 0 Å². The summed E-state index contributed by atoms with van der Waals surface area (Å²) in [5.74, 6) is 0. The average Bonchev–Trinajstić information content (AvgIpc) is 2.06. The van der Waals surface area contributed by atoms with Gasteiger partial charge >= 0.3 is 16.5 Å². The van der Waals surface area contributed by atoms with Gasteiger partial charge in [-0.15, -0.1) is 9.79 Å². The standard InChI is InChI=1S/C4H10N2.O5P2/c1-2-6-4-3-5-1;1-6(2)5-7(3)4/h5-6H,1-4H2;/p+2. The molecule has 0 amide bonds. The summed E-state index contributed by atoms with van der Waals surface area (Å²) in [6.45, 7) is 4.56. The maximum absolute atomic E-state index is 9.39. The van der Waals surface area contributed by atoms with Crippen LogP contribution in [0.5, 0.6) is 0 Å². The molecule has 76 valence electrons. The fourth-order valence-electron chi connectivity index (χ4n) is 0.663. The quantitative estimate of drug-likeness (QED) is 0.473. The zero-order valence-electron chi connectivity index (χ0n) is 6.84. The lowest BCUT2D eigenvalue weighted by Crippen LogP contribution is -2.39. The van der Waals surface area contributed by atoms with E-state index in [1.54, 1.807) is 0 Å². The second kappa shape index (κ2) is 8.59. The van der Waals surface area contributed by atoms with Gasteiger partial charge in [-0.3, -0.25) is 0 Å². The largest absolute Gasteiger partial charge is 0.745 e. The molecule has 9 heteroatoms. The van der Waals surface area contributed by atoms with E-state index >= 15 is 0 Å². The van der Waals surface area contributed by atoms with E-state index in [1.165, 1.54) is 0 Å². The highest BCUT2D eigenvalue weighted by atomic mass is 31.2. The molecule has 0 aromatic rings. The molecule has 0 aromatic heterocycles. The van der Waals surface area contributed by atoms with Crippen molar-refractivity contribution in [2.75, 3.05) is 26.2 Å². The molecule has 0 saturated carbocycles. The highest BCUT2D eigenvalue weighted by Crippen LogP contribution is 2.30. The average molecular weight is 230 g/mol. The van der Waals surface area contributed by atoms with Crippen LogP contribution in [0, 0.1) is 0 Å². The third kappa shape index (κ3) is 12.0. The zero-order chi connectivity index (χ0) is 10.1. The van der Waals surface area contributed by atoms with Gasteiger partial charge in [0.05, 0.1) is 0 Å². The summed E-state index contributed by atoms with van der Waals surface area (Å²) in [7, 11) is -5.85. The Labute approximate surface area is 77.4 Å². The zero-order valence-corrected chi connectivity index (χ0v) is 8.63. The SMILES string of the molecule is C1CNCCN1.O=[P+](O)O[P+](=O)O. The molecule has 1 aliphatic rings. The molecule has 2 atom stereocenters. The van der Waals surface area contributed by atoms with Gasteiger partial charge in [0, 0.05) is 35.3 Å². The lowest BCUT2D eigenvalue weighted by molar-refractivity contribution is 0.371. The Morgan fingerprint density at radius 2 is 1.23 bits per heavy atom. The van der Waals surface area contributed by atoms with Gasteiger partial charge in [-0.1, -0.05) is 0 Å². The topological polar surface area (TPSA) is 108 Å². The minimum atomic E-state index is -2.92. The second-order valence-corrected chi connectivity index (χ2v) is 3.66. The van der Waals surface area contributed by atoms with E-state index in [0.29, 0.717) is 0 Å². The highest BCUT2D eigenvalue weighted by Gasteiger charge is 2.31. The number of hydrogen-bond donors (Lipinski definition) is 4. The number of hydrogen-bond acceptors (Lipinski definition) is 5. The first kappa shape index (κ1) is 13.0. The highest BCUT2D eigenvalue weighted by molar-refractivity contribution is 7.46. The Bertz CT molecular complexity index is 150. The lowest BCUT2D eigenvalue weighted by Gasteiger charge is -2.11. The number of nitrogens with one attached hydrogen (secondary N) is 2. The minimum Gasteiger partial charge on any atom is -0.314 e. The van der Waals surface area contributed by atoms with Crippen molar-refractivity contribution in [3.63, 3.8) is 0 Å². The summed E-state index contributed by atoms with van der Waals surface area (Å²) in [6.07, 6.45) is 0. The van der Waals surface area contributed by atoms with Gasteiger partial charge < -0.3 is 10.6 Å². The molecule has 4 N–H and O–H groups in total. The lowest BCUT2D eigenvalue weighted by atomic mass is 10.4. The van der Waals surface area contributed by atoms with Crippen LogP contribution in [0.3, 0.4) is 0 Å². The van der Waals surface area contributed by atoms with Crippen LogP contribution in [-0.2, 0) is 13.4 Å². The van der Waals surface area contributed by atoms with Gasteiger partial charge in [-0.05, 0) is 0 Å². The van der Waals surface area contributed by atoms with E-state index in [9.17, 15) is 9.13 Å². The summed E-state index contributed by atoms with van der Waals surface area (Å²) in [4.78, 5) is 15.3. The normalized spacial score (nSPS) is 18.3. The van der Waals surface area contributed by atoms with E-state index in [4.69, 9.17) is 9.79 Å². The minimum absolute atomic E-state index is 1.14. The third-order valence-electron chi connectivity index (χ3n) is 1.10. The third-order valence-corrected chi connectivity index (χ3v) is 2.21. The van der Waals surface area contributed by atoms with Crippen LogP contribution in [0.15, 0.2) is 0 Å². The van der Waals surface area contributed by atoms with Crippen molar-refractivity contribution in [1.82, 2.24) is 10.6 Å². The molecule has 1 fully saturated rings. The summed E-state index contributed by atoms with van der Waals surface area (Å²) in [5.41, 5.74) is 0. The van der Waals surface area contributed by atoms with E-state index in [1.807, 2.05) is 0 Å². The smallest absolute Gasteiger partial charge is 0.314 e. The van der Waals surface area contributed by atoms with Crippen molar-refractivity contribution >= 4 is 16.5 Å². The predicted molar refractivity (Wildman–Crippen MR) is 46.5 cm³/mol. The molecule has 0 aliphatic carbocycles. The first-order valence-electron chi connectivity index (χ1n) is 3.54. The van der Waals surface area contributed by atoms with Crippen molar-refractivity contribution in [3.05, 3.63) is 0 Å². The first-order valence-corrected chi connectivity index (χ1v) is 5.81. The van der Waals surface area contributed by atoms with Crippen LogP contribution in [-0.4, -0.2) is 36.0 Å². The van der Waals surface area contributed by atoms with Crippen LogP contribution < -0.4 is 10.6 Å². The van der Waals surface area contributed by atoms with Gasteiger partial charge in [0.2, 0.25) is 0 Å². The first-order chi connectivity index (χ1) is 6.13. The Morgan fingerprint density at radius 3 is 1.31 bits per heavy atom. The molecule has 1 rings (SSSR count). The van der Waals surface area contributed by atoms with Gasteiger partial charge in [0.25, 0.3) is 0 Å². The van der Waals surface area contributed by atoms with Crippen molar-refractivity contribution in [3.8, 4) is 0 Å². The van der Waals surface area contributed by atoms with Crippen molar-refractivity contribution < 1.29 is 23.2 Å². The maximum atomic E-state index is 9.39. The molecule has 0 aromatic carbocycles. The summed E-state index contributed by atoms with van der Waals surface area (Å²) in [5, 5.41) is 6.44. The molecule has 0 radical (unpaired) electrons. The molecule has 1 aliphatic heterocycles. The van der Waals surface area contributed by atoms with Crippen LogP contribution >= 0.6 is 16.5 Å². The molecule has 0 spiro atoms. The van der Waals surface area contributed by atoms with Crippen LogP contribution in [0.2, 0.25) is 0 Å². The summed E-state index contributed by atoms with van der Waals surface area (Å²) >= 11 is 0. The fraction of sp³-hybridized carbons (Fsp3) is 1.00. The van der Waals surface area contributed by atoms with Crippen LogP contribution in [0.1, 0.15) is 0 Å². The Kier molecular flexibility index (Phi) is 8.59. The molecule has 1 saturated heterocycles. The van der Waals surface area contributed by atoms with E-state index in [2.05, 4.69) is 14.9 Å². The fourth-order valence-corrected chi connectivity index (χ4v) is 1.14. The molecule has 1 heterocycles. The molecule has 7 nitrogen and oxygen atoms in total. The molecule has 2 unspecified atom stereocenters. The molecule has 0 bridgehead atoms. The Balaban J connectivity index is 0.000000223. The van der Waals surface area contributed by atoms with Crippen molar-refractivity contribution in [1.29, 1.82) is 0 Å². The van der Waals surface area contributed by atoms with E-state index in [-0.39, 0.29) is 0 Å². The summed E-state index contributed by atoms with van der Waals surface area (Å²) in [6, 6.07) is 0. The molecular formula is C4H12N2O5P2+2. The van der Waals surface area contributed by atoms with Crippen molar-refractivity contribution in [2.45, 2.75) is 0 Å². The predicted octanol–water partition coefficient (Wildman–Crippen LogP) is -0.518. The second-order valence-electron chi connectivity index (χ2n) is 2.06. The number of rotatable bonds is 2. The Hall–Kier alpha value is -0.0000000000000000763. The Morgan fingerprint density at radius 1 is 0.923 bits per heavy atom. The van der Waals surface area contributed by atoms with E-state index < -0.39 is 16.5 Å². The molecular weight excluding hydrogens is 218 g/mol. The van der Waals surface area contributed by atoms with Gasteiger partial charge in [0.15, 0.2) is 4.31 Å². The number of piperazine rings is 1. The van der Waals surface area contributed by atoms with Gasteiger partial charge in [-0.25, -0.2) is 0 Å².